The first-order chi connectivity index (χ1) is 9.43. The van der Waals surface area contributed by atoms with E-state index in [4.69, 9.17) is 0 Å². The zero-order valence-electron chi connectivity index (χ0n) is 11.4. The first kappa shape index (κ1) is 12.5. The smallest absolute Gasteiger partial charge is 0.0797 e. The number of H-pyrrole nitrogens is 1. The summed E-state index contributed by atoms with van der Waals surface area (Å²) in [6.07, 6.45) is 11.9. The van der Waals surface area contributed by atoms with Crippen molar-refractivity contribution < 1.29 is 5.32 Å². The number of rotatable bonds is 5. The molecule has 1 aromatic heterocycles. The molecule has 1 aliphatic rings. The number of nitrogens with two attached hydrogens (primary N) is 1. The molecule has 2 heteroatoms. The Morgan fingerprint density at radius 2 is 2.16 bits per heavy atom. The van der Waals surface area contributed by atoms with Crippen molar-refractivity contribution in [1.82, 2.24) is 4.98 Å². The van der Waals surface area contributed by atoms with Gasteiger partial charge in [-0.1, -0.05) is 30.4 Å². The van der Waals surface area contributed by atoms with Crippen LogP contribution in [0.3, 0.4) is 0 Å². The molecule has 2 nitrogen and oxygen atoms in total. The minimum atomic E-state index is 0.896. The molecule has 1 aromatic carbocycles. The van der Waals surface area contributed by atoms with Crippen LogP contribution in [0.2, 0.25) is 0 Å². The van der Waals surface area contributed by atoms with E-state index in [2.05, 4.69) is 52.9 Å². The molecule has 1 atom stereocenters. The molecule has 0 aliphatic heterocycles. The van der Waals surface area contributed by atoms with Crippen molar-refractivity contribution in [2.24, 2.45) is 5.92 Å². The average Bonchev–Trinajstić information content (AvgIpc) is 2.88. The Morgan fingerprint density at radius 3 is 3.05 bits per heavy atom. The first-order valence-electron chi connectivity index (χ1n) is 7.45. The molecule has 0 fully saturated rings. The molecule has 0 saturated heterocycles. The second-order valence-electron chi connectivity index (χ2n) is 5.57. The van der Waals surface area contributed by atoms with Gasteiger partial charge in [0.2, 0.25) is 0 Å². The van der Waals surface area contributed by atoms with E-state index in [9.17, 15) is 0 Å². The molecule has 3 rings (SSSR count). The highest BCUT2D eigenvalue weighted by molar-refractivity contribution is 5.82. The number of nitrogens with one attached hydrogen (secondary N) is 1. The third-order valence-electron chi connectivity index (χ3n) is 4.17. The SMILES string of the molecule is C1=CC[C@H](C[NH2+]CCc2c[nH]c3ccccc23)CC1. The van der Waals surface area contributed by atoms with Crippen LogP contribution in [0.5, 0.6) is 0 Å². The Kier molecular flexibility index (Phi) is 3.99. The number of fused-ring (bicyclic) bond motifs is 1. The molecule has 1 heterocycles. The van der Waals surface area contributed by atoms with Crippen LogP contribution in [-0.2, 0) is 6.42 Å². The number of hydrogen-bond acceptors (Lipinski definition) is 0. The van der Waals surface area contributed by atoms with Crippen molar-refractivity contribution >= 4 is 10.9 Å². The van der Waals surface area contributed by atoms with E-state index in [1.165, 1.54) is 48.8 Å². The van der Waals surface area contributed by atoms with Gasteiger partial charge in [0.05, 0.1) is 13.1 Å². The highest BCUT2D eigenvalue weighted by Crippen LogP contribution is 2.18. The first-order valence-corrected chi connectivity index (χ1v) is 7.45. The van der Waals surface area contributed by atoms with Crippen molar-refractivity contribution in [1.29, 1.82) is 0 Å². The van der Waals surface area contributed by atoms with Crippen molar-refractivity contribution in [3.8, 4) is 0 Å². The summed E-state index contributed by atoms with van der Waals surface area (Å²) in [7, 11) is 0. The topological polar surface area (TPSA) is 32.4 Å². The van der Waals surface area contributed by atoms with Gasteiger partial charge in [-0.15, -0.1) is 0 Å². The molecule has 0 amide bonds. The number of quaternary nitrogens is 1. The summed E-state index contributed by atoms with van der Waals surface area (Å²) in [5.74, 6) is 0.896. The van der Waals surface area contributed by atoms with Crippen LogP contribution in [0.15, 0.2) is 42.6 Å². The van der Waals surface area contributed by atoms with Gasteiger partial charge in [0.25, 0.3) is 0 Å². The molecule has 100 valence electrons. The van der Waals surface area contributed by atoms with E-state index < -0.39 is 0 Å². The molecule has 3 N–H and O–H groups in total. The largest absolute Gasteiger partial charge is 0.361 e. The second-order valence-corrected chi connectivity index (χ2v) is 5.57. The third kappa shape index (κ3) is 3.07. The molecule has 2 aromatic rings. The van der Waals surface area contributed by atoms with Gasteiger partial charge in [0.1, 0.15) is 0 Å². The summed E-state index contributed by atoms with van der Waals surface area (Å²) in [6, 6.07) is 8.58. The lowest BCUT2D eigenvalue weighted by atomic mass is 9.94. The summed E-state index contributed by atoms with van der Waals surface area (Å²) in [5.41, 5.74) is 2.71. The molecule has 0 radical (unpaired) electrons. The fourth-order valence-electron chi connectivity index (χ4n) is 3.02. The van der Waals surface area contributed by atoms with Crippen LogP contribution in [0.4, 0.5) is 0 Å². The summed E-state index contributed by atoms with van der Waals surface area (Å²) >= 11 is 0. The van der Waals surface area contributed by atoms with Crippen LogP contribution in [0.1, 0.15) is 24.8 Å². The Hall–Kier alpha value is -1.54. The van der Waals surface area contributed by atoms with Gasteiger partial charge in [0, 0.05) is 29.4 Å². The van der Waals surface area contributed by atoms with Gasteiger partial charge in [-0.25, -0.2) is 0 Å². The van der Waals surface area contributed by atoms with Crippen LogP contribution < -0.4 is 5.32 Å². The molecule has 19 heavy (non-hydrogen) atoms. The number of hydrogen-bond donors (Lipinski definition) is 2. The molecule has 1 aliphatic carbocycles. The maximum absolute atomic E-state index is 3.36. The van der Waals surface area contributed by atoms with Gasteiger partial charge in [-0.3, -0.25) is 0 Å². The van der Waals surface area contributed by atoms with E-state index in [1.54, 1.807) is 0 Å². The van der Waals surface area contributed by atoms with Gasteiger partial charge >= 0.3 is 0 Å². The lowest BCUT2D eigenvalue weighted by Crippen LogP contribution is -2.86. The van der Waals surface area contributed by atoms with Gasteiger partial charge < -0.3 is 10.3 Å². The summed E-state index contributed by atoms with van der Waals surface area (Å²) in [6.45, 7) is 2.48. The Balaban J connectivity index is 1.48. The summed E-state index contributed by atoms with van der Waals surface area (Å²) in [4.78, 5) is 3.36. The molecule has 0 bridgehead atoms. The highest BCUT2D eigenvalue weighted by Gasteiger charge is 2.11. The molecule has 0 unspecified atom stereocenters. The van der Waals surface area contributed by atoms with Crippen molar-refractivity contribution in [2.45, 2.75) is 25.7 Å². The summed E-state index contributed by atoms with van der Waals surface area (Å²) < 4.78 is 0. The van der Waals surface area contributed by atoms with Crippen molar-refractivity contribution in [2.75, 3.05) is 13.1 Å². The predicted octanol–water partition coefficient (Wildman–Crippen LogP) is 2.63. The van der Waals surface area contributed by atoms with E-state index in [-0.39, 0.29) is 0 Å². The number of para-hydroxylation sites is 1. The number of allylic oxidation sites excluding steroid dienone is 2. The lowest BCUT2D eigenvalue weighted by Gasteiger charge is -2.15. The standard InChI is InChI=1S/C17H22N2/c1-2-6-14(7-3-1)12-18-11-10-15-13-19-17-9-5-4-8-16(15)17/h1-2,4-5,8-9,13-14,18-19H,3,6-7,10-12H2/p+1/t14-/m0/s1. The van der Waals surface area contributed by atoms with Crippen LogP contribution in [-0.4, -0.2) is 18.1 Å². The minimum absolute atomic E-state index is 0.896. The van der Waals surface area contributed by atoms with Gasteiger partial charge in [-0.2, -0.15) is 0 Å². The molecule has 0 saturated carbocycles. The Bertz CT molecular complexity index is 553. The molecular weight excluding hydrogens is 232 g/mol. The lowest BCUT2D eigenvalue weighted by molar-refractivity contribution is -0.660. The maximum atomic E-state index is 3.36. The van der Waals surface area contributed by atoms with Gasteiger partial charge in [-0.05, 0) is 30.9 Å². The van der Waals surface area contributed by atoms with Crippen LogP contribution in [0, 0.1) is 5.92 Å². The minimum Gasteiger partial charge on any atom is -0.361 e. The highest BCUT2D eigenvalue weighted by atomic mass is 14.9. The van der Waals surface area contributed by atoms with Gasteiger partial charge in [0.15, 0.2) is 0 Å². The second kappa shape index (κ2) is 6.07. The Labute approximate surface area is 114 Å². The zero-order valence-corrected chi connectivity index (χ0v) is 11.4. The normalized spacial score (nSPS) is 19.1. The Morgan fingerprint density at radius 1 is 1.21 bits per heavy atom. The van der Waals surface area contributed by atoms with Crippen LogP contribution >= 0.6 is 0 Å². The van der Waals surface area contributed by atoms with Crippen LogP contribution in [0.25, 0.3) is 10.9 Å². The average molecular weight is 255 g/mol. The van der Waals surface area contributed by atoms with Crippen molar-refractivity contribution in [3.63, 3.8) is 0 Å². The predicted molar refractivity (Wildman–Crippen MR) is 80.1 cm³/mol. The number of aromatic amines is 1. The fraction of sp³-hybridized carbons (Fsp3) is 0.412. The number of aromatic nitrogens is 1. The van der Waals surface area contributed by atoms with Crippen molar-refractivity contribution in [3.05, 3.63) is 48.2 Å². The summed E-state index contributed by atoms with van der Waals surface area (Å²) in [5, 5.41) is 3.88. The van der Waals surface area contributed by atoms with E-state index in [1.807, 2.05) is 0 Å². The molecular formula is C17H23N2+. The third-order valence-corrected chi connectivity index (χ3v) is 4.17. The van der Waals surface area contributed by atoms with E-state index in [0.29, 0.717) is 0 Å². The monoisotopic (exact) mass is 255 g/mol. The maximum Gasteiger partial charge on any atom is 0.0797 e. The quantitative estimate of drug-likeness (QED) is 0.608. The zero-order chi connectivity index (χ0) is 12.9. The van der Waals surface area contributed by atoms with E-state index in [0.717, 1.165) is 12.3 Å². The van der Waals surface area contributed by atoms with E-state index >= 15 is 0 Å². The fourth-order valence-corrected chi connectivity index (χ4v) is 3.02. The number of benzene rings is 1. The molecule has 0 spiro atoms.